The van der Waals surface area contributed by atoms with Crippen molar-refractivity contribution >= 4 is 11.9 Å². The topological polar surface area (TPSA) is 60.9 Å². The molecule has 2 fully saturated rings. The first-order chi connectivity index (χ1) is 11.6. The lowest BCUT2D eigenvalue weighted by Gasteiger charge is -2.33. The number of carboxylic acid groups (broad SMARTS) is 1. The third-order valence-electron chi connectivity index (χ3n) is 5.32. The van der Waals surface area contributed by atoms with Crippen molar-refractivity contribution in [1.82, 2.24) is 9.80 Å². The highest BCUT2D eigenvalue weighted by Gasteiger charge is 2.33. The van der Waals surface area contributed by atoms with Crippen LogP contribution in [0.5, 0.6) is 0 Å². The zero-order valence-electron chi connectivity index (χ0n) is 14.1. The summed E-state index contributed by atoms with van der Waals surface area (Å²) in [6.07, 6.45) is 4.66. The highest BCUT2D eigenvalue weighted by atomic mass is 16.4. The molecule has 2 aliphatic rings. The monoisotopic (exact) mass is 330 g/mol. The van der Waals surface area contributed by atoms with Gasteiger partial charge in [0.1, 0.15) is 6.04 Å². The number of nitrogens with zero attached hydrogens (tertiary/aromatic N) is 2. The van der Waals surface area contributed by atoms with Gasteiger partial charge in [0.2, 0.25) is 5.91 Å². The van der Waals surface area contributed by atoms with Gasteiger partial charge in [0.25, 0.3) is 0 Å². The summed E-state index contributed by atoms with van der Waals surface area (Å²) in [5.74, 6) is -0.0850. The van der Waals surface area contributed by atoms with E-state index in [2.05, 4.69) is 24.3 Å². The average molecular weight is 330 g/mol. The van der Waals surface area contributed by atoms with Crippen LogP contribution in [-0.2, 0) is 16.0 Å². The second kappa shape index (κ2) is 7.79. The fraction of sp³-hybridized carbons (Fsp3) is 0.579. The van der Waals surface area contributed by atoms with Crippen LogP contribution >= 0.6 is 0 Å². The molecule has 0 radical (unpaired) electrons. The minimum Gasteiger partial charge on any atom is -0.480 e. The molecule has 0 aromatic heterocycles. The van der Waals surface area contributed by atoms with Crippen molar-refractivity contribution in [3.8, 4) is 0 Å². The molecule has 130 valence electrons. The van der Waals surface area contributed by atoms with Gasteiger partial charge in [0.15, 0.2) is 0 Å². The van der Waals surface area contributed by atoms with Gasteiger partial charge in [-0.3, -0.25) is 14.5 Å². The zero-order valence-corrected chi connectivity index (χ0v) is 14.1. The summed E-state index contributed by atoms with van der Waals surface area (Å²) >= 11 is 0. The minimum atomic E-state index is -0.804. The maximum absolute atomic E-state index is 12.5. The number of likely N-dealkylation sites (tertiary alicyclic amines) is 2. The zero-order chi connectivity index (χ0) is 16.9. The van der Waals surface area contributed by atoms with Crippen molar-refractivity contribution in [2.45, 2.75) is 38.1 Å². The summed E-state index contributed by atoms with van der Waals surface area (Å²) < 4.78 is 0. The molecule has 5 heteroatoms. The van der Waals surface area contributed by atoms with Gasteiger partial charge in [-0.05, 0) is 50.1 Å². The SMILES string of the molecule is O=C(O)[C@H]1CCCN1CC(=O)N1CCC(Cc2ccccc2)CC1. The van der Waals surface area contributed by atoms with E-state index in [1.807, 2.05) is 15.9 Å². The summed E-state index contributed by atoms with van der Waals surface area (Å²) in [5, 5.41) is 9.22. The second-order valence-electron chi connectivity index (χ2n) is 6.98. The number of aliphatic carboxylic acids is 1. The summed E-state index contributed by atoms with van der Waals surface area (Å²) in [5.41, 5.74) is 1.36. The number of carboxylic acids is 1. The molecule has 24 heavy (non-hydrogen) atoms. The smallest absolute Gasteiger partial charge is 0.320 e. The number of carbonyl (C=O) groups is 2. The Kier molecular flexibility index (Phi) is 5.51. The maximum Gasteiger partial charge on any atom is 0.320 e. The summed E-state index contributed by atoms with van der Waals surface area (Å²) in [4.78, 5) is 27.4. The van der Waals surface area contributed by atoms with Crippen LogP contribution in [0, 0.1) is 5.92 Å². The molecule has 0 saturated carbocycles. The number of rotatable bonds is 5. The van der Waals surface area contributed by atoms with Crippen molar-refractivity contribution in [2.75, 3.05) is 26.2 Å². The molecule has 1 aromatic rings. The molecular weight excluding hydrogens is 304 g/mol. The van der Waals surface area contributed by atoms with Crippen molar-refractivity contribution in [1.29, 1.82) is 0 Å². The number of piperidine rings is 1. The quantitative estimate of drug-likeness (QED) is 0.897. The fourth-order valence-electron chi connectivity index (χ4n) is 3.90. The van der Waals surface area contributed by atoms with Crippen LogP contribution in [0.1, 0.15) is 31.2 Å². The van der Waals surface area contributed by atoms with Gasteiger partial charge >= 0.3 is 5.97 Å². The van der Waals surface area contributed by atoms with Crippen LogP contribution in [-0.4, -0.2) is 59.0 Å². The Bertz CT molecular complexity index is 567. The van der Waals surface area contributed by atoms with Crippen LogP contribution in [0.2, 0.25) is 0 Å². The summed E-state index contributed by atoms with van der Waals surface area (Å²) in [7, 11) is 0. The number of hydrogen-bond donors (Lipinski definition) is 1. The predicted molar refractivity (Wildman–Crippen MR) is 91.7 cm³/mol. The van der Waals surface area contributed by atoms with E-state index in [1.54, 1.807) is 0 Å². The normalized spacial score (nSPS) is 22.7. The Labute approximate surface area is 143 Å². The molecular formula is C19H26N2O3. The molecule has 2 heterocycles. The van der Waals surface area contributed by atoms with Gasteiger partial charge in [0.05, 0.1) is 6.54 Å². The van der Waals surface area contributed by atoms with E-state index in [-0.39, 0.29) is 12.5 Å². The van der Waals surface area contributed by atoms with Gasteiger partial charge in [-0.1, -0.05) is 30.3 Å². The lowest BCUT2D eigenvalue weighted by atomic mass is 9.90. The molecule has 5 nitrogen and oxygen atoms in total. The van der Waals surface area contributed by atoms with Crippen LogP contribution in [0.15, 0.2) is 30.3 Å². The van der Waals surface area contributed by atoms with Gasteiger partial charge < -0.3 is 10.0 Å². The van der Waals surface area contributed by atoms with E-state index in [0.29, 0.717) is 18.9 Å². The Balaban J connectivity index is 1.46. The molecule has 2 saturated heterocycles. The van der Waals surface area contributed by atoms with Gasteiger partial charge in [-0.2, -0.15) is 0 Å². The van der Waals surface area contributed by atoms with Gasteiger partial charge in [-0.25, -0.2) is 0 Å². The average Bonchev–Trinajstić information content (AvgIpc) is 3.05. The second-order valence-corrected chi connectivity index (χ2v) is 6.98. The van der Waals surface area contributed by atoms with Crippen molar-refractivity contribution < 1.29 is 14.7 Å². The lowest BCUT2D eigenvalue weighted by molar-refractivity contribution is -0.143. The predicted octanol–water partition coefficient (Wildman–Crippen LogP) is 2.02. The van der Waals surface area contributed by atoms with Crippen LogP contribution in [0.25, 0.3) is 0 Å². The van der Waals surface area contributed by atoms with Crippen LogP contribution in [0.4, 0.5) is 0 Å². The molecule has 0 bridgehead atoms. The maximum atomic E-state index is 12.5. The van der Waals surface area contributed by atoms with E-state index in [9.17, 15) is 14.7 Å². The van der Waals surface area contributed by atoms with Gasteiger partial charge in [-0.15, -0.1) is 0 Å². The first-order valence-corrected chi connectivity index (χ1v) is 8.92. The Hall–Kier alpha value is -1.88. The number of benzene rings is 1. The lowest BCUT2D eigenvalue weighted by Crippen LogP contribution is -2.47. The van der Waals surface area contributed by atoms with Crippen LogP contribution in [0.3, 0.4) is 0 Å². The highest BCUT2D eigenvalue weighted by molar-refractivity contribution is 5.80. The number of carbonyl (C=O) groups excluding carboxylic acids is 1. The molecule has 2 aliphatic heterocycles. The summed E-state index contributed by atoms with van der Waals surface area (Å²) in [6.45, 7) is 2.55. The third kappa shape index (κ3) is 4.15. The minimum absolute atomic E-state index is 0.0845. The van der Waals surface area contributed by atoms with Crippen molar-refractivity contribution in [3.05, 3.63) is 35.9 Å². The Morgan fingerprint density at radius 1 is 1.04 bits per heavy atom. The first-order valence-electron chi connectivity index (χ1n) is 8.92. The van der Waals surface area contributed by atoms with Gasteiger partial charge in [0, 0.05) is 13.1 Å². The number of hydrogen-bond acceptors (Lipinski definition) is 3. The molecule has 3 rings (SSSR count). The highest BCUT2D eigenvalue weighted by Crippen LogP contribution is 2.23. The van der Waals surface area contributed by atoms with E-state index in [0.717, 1.165) is 38.8 Å². The largest absolute Gasteiger partial charge is 0.480 e. The standard InChI is InChI=1S/C19H26N2O3/c22-18(14-21-10-4-7-17(21)19(23)24)20-11-8-16(9-12-20)13-15-5-2-1-3-6-15/h1-3,5-6,16-17H,4,7-14H2,(H,23,24)/t17-/m1/s1. The van der Waals surface area contributed by atoms with Crippen LogP contribution < -0.4 is 0 Å². The summed E-state index contributed by atoms with van der Waals surface area (Å²) in [6, 6.07) is 10.0. The van der Waals surface area contributed by atoms with Crippen molar-refractivity contribution in [3.63, 3.8) is 0 Å². The fourth-order valence-corrected chi connectivity index (χ4v) is 3.90. The van der Waals surface area contributed by atoms with Crippen molar-refractivity contribution in [2.24, 2.45) is 5.92 Å². The van der Waals surface area contributed by atoms with E-state index in [4.69, 9.17) is 0 Å². The molecule has 0 spiro atoms. The molecule has 1 aromatic carbocycles. The number of amides is 1. The molecule has 0 aliphatic carbocycles. The first kappa shape index (κ1) is 17.0. The van der Waals surface area contributed by atoms with E-state index in [1.165, 1.54) is 5.56 Å². The third-order valence-corrected chi connectivity index (χ3v) is 5.32. The molecule has 1 N–H and O–H groups in total. The van der Waals surface area contributed by atoms with E-state index < -0.39 is 12.0 Å². The Morgan fingerprint density at radius 3 is 2.42 bits per heavy atom. The molecule has 1 amide bonds. The van der Waals surface area contributed by atoms with E-state index >= 15 is 0 Å². The molecule has 1 atom stereocenters. The molecule has 0 unspecified atom stereocenters. The Morgan fingerprint density at radius 2 is 1.75 bits per heavy atom.